The molecule has 0 unspecified atom stereocenters. The number of quaternary nitrogens is 1. The molecule has 0 radical (unpaired) electrons. The van der Waals surface area contributed by atoms with Gasteiger partial charge in [-0.15, -0.1) is 0 Å². The molecule has 0 aliphatic heterocycles. The second kappa shape index (κ2) is 16.8. The molecule has 7 heteroatoms. The third-order valence-electron chi connectivity index (χ3n) is 4.21. The van der Waals surface area contributed by atoms with Gasteiger partial charge in [-0.1, -0.05) is 53.4 Å². The monoisotopic (exact) mass is 378 g/mol. The lowest BCUT2D eigenvalue weighted by Crippen LogP contribution is -2.50. The van der Waals surface area contributed by atoms with E-state index in [-0.39, 0.29) is 0 Å². The van der Waals surface area contributed by atoms with Crippen molar-refractivity contribution in [3.8, 4) is 6.07 Å². The summed E-state index contributed by atoms with van der Waals surface area (Å²) in [6.45, 7) is 14.3. The zero-order valence-electron chi connectivity index (χ0n) is 16.6. The van der Waals surface area contributed by atoms with Crippen LogP contribution in [0.15, 0.2) is 0 Å². The highest BCUT2D eigenvalue weighted by Crippen LogP contribution is 2.16. The van der Waals surface area contributed by atoms with E-state index >= 15 is 0 Å². The standard InChI is InChI=1S/C16H36N.C2H3NO4S/c1-5-9-13-17(14-10-6-2,15-11-7-3)16-12-8-4;3-1-2-7-8(4,5)6/h5-16H2,1-4H3;2H2,(H,4,5,6)/q+1;/p-1. The van der Waals surface area contributed by atoms with Crippen LogP contribution in [-0.4, -0.2) is 50.2 Å². The van der Waals surface area contributed by atoms with Gasteiger partial charge < -0.3 is 9.04 Å². The van der Waals surface area contributed by atoms with Gasteiger partial charge in [-0.05, 0) is 25.7 Å². The fourth-order valence-corrected chi connectivity index (χ4v) is 2.94. The van der Waals surface area contributed by atoms with Gasteiger partial charge in [0.25, 0.3) is 0 Å². The molecule has 0 fully saturated rings. The summed E-state index contributed by atoms with van der Waals surface area (Å²) in [4.78, 5) is 0. The van der Waals surface area contributed by atoms with E-state index in [0.717, 1.165) is 0 Å². The molecule has 0 aliphatic rings. The first-order chi connectivity index (χ1) is 11.8. The highest BCUT2D eigenvalue weighted by Gasteiger charge is 2.24. The Morgan fingerprint density at radius 3 is 1.32 bits per heavy atom. The fourth-order valence-electron chi connectivity index (χ4n) is 2.74. The quantitative estimate of drug-likeness (QED) is 0.259. The van der Waals surface area contributed by atoms with Crippen LogP contribution >= 0.6 is 0 Å². The minimum atomic E-state index is -4.66. The van der Waals surface area contributed by atoms with Gasteiger partial charge in [0.05, 0.1) is 32.2 Å². The van der Waals surface area contributed by atoms with Crippen LogP contribution in [0.25, 0.3) is 0 Å². The van der Waals surface area contributed by atoms with Crippen LogP contribution in [0.4, 0.5) is 0 Å². The van der Waals surface area contributed by atoms with Crippen molar-refractivity contribution in [2.45, 2.75) is 79.1 Å². The molecule has 0 spiro atoms. The molecule has 0 N–H and O–H groups in total. The van der Waals surface area contributed by atoms with Gasteiger partial charge in [0.1, 0.15) is 0 Å². The van der Waals surface area contributed by atoms with Crippen molar-refractivity contribution in [1.29, 1.82) is 5.26 Å². The molecule has 0 atom stereocenters. The van der Waals surface area contributed by atoms with E-state index < -0.39 is 17.0 Å². The molecule has 0 aromatic carbocycles. The first-order valence-electron chi connectivity index (χ1n) is 9.63. The van der Waals surface area contributed by atoms with Crippen LogP contribution in [0.3, 0.4) is 0 Å². The minimum Gasteiger partial charge on any atom is -0.725 e. The normalized spacial score (nSPS) is 11.5. The molecule has 0 amide bonds. The maximum atomic E-state index is 9.46. The van der Waals surface area contributed by atoms with Gasteiger partial charge in [-0.2, -0.15) is 5.26 Å². The van der Waals surface area contributed by atoms with Crippen LogP contribution in [0.2, 0.25) is 0 Å². The van der Waals surface area contributed by atoms with Crippen molar-refractivity contribution < 1.29 is 21.6 Å². The lowest BCUT2D eigenvalue weighted by molar-refractivity contribution is -0.929. The zero-order chi connectivity index (χ0) is 19.6. The number of nitrogens with zero attached hydrogens (tertiary/aromatic N) is 2. The van der Waals surface area contributed by atoms with Crippen LogP contribution in [0.5, 0.6) is 0 Å². The number of hydrogen-bond donors (Lipinski definition) is 0. The molecule has 0 saturated carbocycles. The molecular weight excluding hydrogens is 340 g/mol. The average Bonchev–Trinajstić information content (AvgIpc) is 2.58. The smallest absolute Gasteiger partial charge is 0.218 e. The Hall–Kier alpha value is -0.680. The molecule has 0 aromatic heterocycles. The second-order valence-electron chi connectivity index (χ2n) is 6.48. The van der Waals surface area contributed by atoms with E-state index in [9.17, 15) is 13.0 Å². The highest BCUT2D eigenvalue weighted by molar-refractivity contribution is 7.80. The molecule has 0 heterocycles. The first-order valence-corrected chi connectivity index (χ1v) is 11.0. The van der Waals surface area contributed by atoms with E-state index in [1.807, 2.05) is 0 Å². The Morgan fingerprint density at radius 1 is 0.840 bits per heavy atom. The highest BCUT2D eigenvalue weighted by atomic mass is 32.3. The Kier molecular flexibility index (Phi) is 17.8. The summed E-state index contributed by atoms with van der Waals surface area (Å²) >= 11 is 0. The summed E-state index contributed by atoms with van der Waals surface area (Å²) in [5.74, 6) is 0. The minimum absolute atomic E-state index is 0.716. The predicted octanol–water partition coefficient (Wildman–Crippen LogP) is 3.99. The molecule has 0 bridgehead atoms. The fraction of sp³-hybridized carbons (Fsp3) is 0.944. The van der Waals surface area contributed by atoms with E-state index in [0.29, 0.717) is 0 Å². The van der Waals surface area contributed by atoms with E-state index in [4.69, 9.17) is 5.26 Å². The van der Waals surface area contributed by atoms with E-state index in [2.05, 4.69) is 31.9 Å². The Morgan fingerprint density at radius 2 is 1.16 bits per heavy atom. The number of unbranched alkanes of at least 4 members (excludes halogenated alkanes) is 4. The lowest BCUT2D eigenvalue weighted by Gasteiger charge is -2.39. The van der Waals surface area contributed by atoms with Crippen LogP contribution in [0, 0.1) is 11.3 Å². The van der Waals surface area contributed by atoms with Crippen molar-refractivity contribution in [2.75, 3.05) is 32.8 Å². The zero-order valence-corrected chi connectivity index (χ0v) is 17.4. The molecule has 0 aromatic rings. The first kappa shape index (κ1) is 26.5. The van der Waals surface area contributed by atoms with Crippen molar-refractivity contribution >= 4 is 10.4 Å². The van der Waals surface area contributed by atoms with Gasteiger partial charge in [-0.25, -0.2) is 8.42 Å². The lowest BCUT2D eigenvalue weighted by atomic mass is 10.1. The van der Waals surface area contributed by atoms with Gasteiger partial charge in [0.2, 0.25) is 10.4 Å². The van der Waals surface area contributed by atoms with Crippen molar-refractivity contribution in [1.82, 2.24) is 0 Å². The van der Waals surface area contributed by atoms with Crippen molar-refractivity contribution in [3.05, 3.63) is 0 Å². The molecule has 0 aliphatic carbocycles. The van der Waals surface area contributed by atoms with E-state index in [1.54, 1.807) is 0 Å². The van der Waals surface area contributed by atoms with Crippen molar-refractivity contribution in [3.63, 3.8) is 0 Å². The number of rotatable bonds is 14. The van der Waals surface area contributed by atoms with E-state index in [1.165, 1.54) is 88.1 Å². The van der Waals surface area contributed by atoms with Crippen LogP contribution < -0.4 is 0 Å². The Bertz CT molecular complexity index is 395. The SMILES string of the molecule is CCCC[N+](CCCC)(CCCC)CCCC.N#CCOS(=O)(=O)[O-]. The number of hydrogen-bond acceptors (Lipinski definition) is 5. The van der Waals surface area contributed by atoms with Gasteiger partial charge in [0.15, 0.2) is 6.61 Å². The summed E-state index contributed by atoms with van der Waals surface area (Å²) in [6, 6.07) is 1.32. The van der Waals surface area contributed by atoms with Crippen molar-refractivity contribution in [2.24, 2.45) is 0 Å². The number of nitriles is 1. The molecular formula is C18H38N2O4S. The molecule has 0 saturated heterocycles. The predicted molar refractivity (Wildman–Crippen MR) is 101 cm³/mol. The summed E-state index contributed by atoms with van der Waals surface area (Å²) < 4.78 is 33.2. The van der Waals surface area contributed by atoms with Gasteiger partial charge in [-0.3, -0.25) is 4.18 Å². The maximum absolute atomic E-state index is 9.46. The van der Waals surface area contributed by atoms with Crippen LogP contribution in [0.1, 0.15) is 79.1 Å². The maximum Gasteiger partial charge on any atom is 0.218 e. The van der Waals surface area contributed by atoms with Crippen LogP contribution in [-0.2, 0) is 14.6 Å². The second-order valence-corrected chi connectivity index (χ2v) is 7.53. The summed E-state index contributed by atoms with van der Waals surface area (Å²) in [7, 11) is -4.66. The summed E-state index contributed by atoms with van der Waals surface area (Å²) in [5.41, 5.74) is 0. The third kappa shape index (κ3) is 17.9. The Balaban J connectivity index is 0. The Labute approximate surface area is 155 Å². The average molecular weight is 379 g/mol. The molecule has 6 nitrogen and oxygen atoms in total. The summed E-state index contributed by atoms with van der Waals surface area (Å²) in [5, 5.41) is 7.65. The molecule has 0 rings (SSSR count). The molecule has 150 valence electrons. The topological polar surface area (TPSA) is 90.2 Å². The summed E-state index contributed by atoms with van der Waals surface area (Å²) in [6.07, 6.45) is 11.1. The van der Waals surface area contributed by atoms with Gasteiger partial charge in [0, 0.05) is 0 Å². The largest absolute Gasteiger partial charge is 0.725 e. The third-order valence-corrected chi connectivity index (χ3v) is 4.62. The van der Waals surface area contributed by atoms with Gasteiger partial charge >= 0.3 is 0 Å². The molecule has 25 heavy (non-hydrogen) atoms.